The van der Waals surface area contributed by atoms with Crippen molar-refractivity contribution in [1.82, 2.24) is 9.80 Å². The molecule has 0 bridgehead atoms. The molecule has 0 N–H and O–H groups in total. The highest BCUT2D eigenvalue weighted by Gasteiger charge is 2.51. The largest absolute Gasteiger partial charge is 0.494 e. The number of hydrogen-bond donors (Lipinski definition) is 0. The van der Waals surface area contributed by atoms with E-state index in [0.717, 1.165) is 16.9 Å². The molecule has 206 valence electrons. The molecule has 2 aliphatic heterocycles. The van der Waals surface area contributed by atoms with Crippen LogP contribution in [0.25, 0.3) is 0 Å². The summed E-state index contributed by atoms with van der Waals surface area (Å²) in [5.41, 5.74) is 1.19. The van der Waals surface area contributed by atoms with E-state index in [1.165, 1.54) is 4.90 Å². The van der Waals surface area contributed by atoms with Gasteiger partial charge in [0.1, 0.15) is 11.9 Å². The smallest absolute Gasteiger partial charge is 0.490 e. The van der Waals surface area contributed by atoms with Crippen molar-refractivity contribution in [3.05, 3.63) is 64.7 Å². The van der Waals surface area contributed by atoms with Gasteiger partial charge >= 0.3 is 12.1 Å². The van der Waals surface area contributed by atoms with E-state index in [1.807, 2.05) is 31.2 Å². The van der Waals surface area contributed by atoms with Gasteiger partial charge in [0, 0.05) is 29.1 Å². The predicted molar refractivity (Wildman–Crippen MR) is 137 cm³/mol. The summed E-state index contributed by atoms with van der Waals surface area (Å²) < 4.78 is 50.3. The number of hydrogen-bond acceptors (Lipinski definition) is 5. The minimum absolute atomic E-state index is 0.0542. The zero-order valence-electron chi connectivity index (χ0n) is 21.3. The molecule has 0 aliphatic carbocycles. The molecule has 0 aromatic heterocycles. The third-order valence-corrected chi connectivity index (χ3v) is 7.82. The average Bonchev–Trinajstić information content (AvgIpc) is 2.89. The third kappa shape index (κ3) is 6.80. The Labute approximate surface area is 225 Å². The second-order valence-electron chi connectivity index (χ2n) is 9.96. The lowest BCUT2D eigenvalue weighted by molar-refractivity contribution is -0.217. The monoisotopic (exact) mass is 552 g/mol. The fourth-order valence-corrected chi connectivity index (χ4v) is 5.50. The van der Waals surface area contributed by atoms with Gasteiger partial charge in [0.2, 0.25) is 5.91 Å². The minimum atomic E-state index is -5.10. The van der Waals surface area contributed by atoms with E-state index in [1.54, 1.807) is 24.3 Å². The topological polar surface area (TPSA) is 59.1 Å². The molecular weight excluding hydrogens is 521 g/mol. The maximum absolute atomic E-state index is 13.2. The molecule has 2 saturated heterocycles. The SMILES string of the molecule is CCOc1ccccc1CN1CCC2(CC1)CCN(C(=O)Cc1ccc(Cl)cc1)CC2OC(=O)C(F)(F)F. The molecule has 0 radical (unpaired) electrons. The maximum Gasteiger partial charge on any atom is 0.490 e. The summed E-state index contributed by atoms with van der Waals surface area (Å²) >= 11 is 5.92. The average molecular weight is 553 g/mol. The van der Waals surface area contributed by atoms with Crippen LogP contribution in [0.15, 0.2) is 48.5 Å². The first-order chi connectivity index (χ1) is 18.1. The number of benzene rings is 2. The Bertz CT molecular complexity index is 1120. The number of amides is 1. The summed E-state index contributed by atoms with van der Waals surface area (Å²) in [6.45, 7) is 4.76. The first-order valence-corrected chi connectivity index (χ1v) is 13.2. The van der Waals surface area contributed by atoms with Crippen molar-refractivity contribution >= 4 is 23.5 Å². The molecule has 1 atom stereocenters. The Balaban J connectivity index is 1.45. The Kier molecular flexibility index (Phi) is 8.88. The number of para-hydroxylation sites is 1. The van der Waals surface area contributed by atoms with Crippen LogP contribution in [-0.4, -0.2) is 66.7 Å². The molecule has 10 heteroatoms. The molecule has 4 rings (SSSR count). The fraction of sp³-hybridized carbons (Fsp3) is 0.500. The number of carbonyl (C=O) groups is 2. The summed E-state index contributed by atoms with van der Waals surface area (Å²) in [5, 5.41) is 0.549. The Morgan fingerprint density at radius 3 is 2.34 bits per heavy atom. The van der Waals surface area contributed by atoms with Crippen LogP contribution in [0, 0.1) is 5.41 Å². The summed E-state index contributed by atoms with van der Waals surface area (Å²) in [6, 6.07) is 14.7. The van der Waals surface area contributed by atoms with Crippen LogP contribution in [0.5, 0.6) is 5.75 Å². The quantitative estimate of drug-likeness (QED) is 0.438. The van der Waals surface area contributed by atoms with Crippen LogP contribution >= 0.6 is 11.6 Å². The van der Waals surface area contributed by atoms with Gasteiger partial charge < -0.3 is 14.4 Å². The van der Waals surface area contributed by atoms with E-state index in [-0.39, 0.29) is 18.9 Å². The van der Waals surface area contributed by atoms with Crippen molar-refractivity contribution in [2.24, 2.45) is 5.41 Å². The predicted octanol–water partition coefficient (Wildman–Crippen LogP) is 5.27. The van der Waals surface area contributed by atoms with E-state index in [4.69, 9.17) is 21.1 Å². The number of carbonyl (C=O) groups excluding carboxylic acids is 2. The number of halogens is 4. The number of esters is 1. The highest BCUT2D eigenvalue weighted by molar-refractivity contribution is 6.30. The molecule has 6 nitrogen and oxygen atoms in total. The van der Waals surface area contributed by atoms with Crippen LogP contribution in [0.2, 0.25) is 5.02 Å². The second-order valence-corrected chi connectivity index (χ2v) is 10.4. The molecular formula is C28H32ClF3N2O4. The third-order valence-electron chi connectivity index (χ3n) is 7.57. The molecule has 1 unspecified atom stereocenters. The van der Waals surface area contributed by atoms with Crippen LogP contribution < -0.4 is 4.74 Å². The van der Waals surface area contributed by atoms with Gasteiger partial charge in [-0.25, -0.2) is 4.79 Å². The molecule has 38 heavy (non-hydrogen) atoms. The number of rotatable bonds is 7. The van der Waals surface area contributed by atoms with Crippen molar-refractivity contribution in [3.8, 4) is 5.75 Å². The molecule has 1 spiro atoms. The second kappa shape index (κ2) is 11.9. The molecule has 2 aromatic carbocycles. The van der Waals surface area contributed by atoms with Gasteiger partial charge in [0.25, 0.3) is 0 Å². The van der Waals surface area contributed by atoms with E-state index >= 15 is 0 Å². The zero-order valence-corrected chi connectivity index (χ0v) is 22.1. The summed E-state index contributed by atoms with van der Waals surface area (Å²) in [7, 11) is 0. The van der Waals surface area contributed by atoms with Crippen molar-refractivity contribution in [3.63, 3.8) is 0 Å². The van der Waals surface area contributed by atoms with Crippen molar-refractivity contribution < 1.29 is 32.2 Å². The summed E-state index contributed by atoms with van der Waals surface area (Å²) in [5.74, 6) is -1.61. The van der Waals surface area contributed by atoms with Gasteiger partial charge in [-0.1, -0.05) is 41.9 Å². The highest BCUT2D eigenvalue weighted by atomic mass is 35.5. The number of nitrogens with zero attached hydrogens (tertiary/aromatic N) is 2. The summed E-state index contributed by atoms with van der Waals surface area (Å²) in [4.78, 5) is 28.6. The highest BCUT2D eigenvalue weighted by Crippen LogP contribution is 2.44. The zero-order chi connectivity index (χ0) is 27.3. The minimum Gasteiger partial charge on any atom is -0.494 e. The van der Waals surface area contributed by atoms with Gasteiger partial charge in [-0.2, -0.15) is 13.2 Å². The van der Waals surface area contributed by atoms with E-state index in [2.05, 4.69) is 4.90 Å². The molecule has 2 aromatic rings. The van der Waals surface area contributed by atoms with Crippen LogP contribution in [0.3, 0.4) is 0 Å². The van der Waals surface area contributed by atoms with E-state index in [9.17, 15) is 22.8 Å². The first kappa shape index (κ1) is 28.2. The van der Waals surface area contributed by atoms with Gasteiger partial charge in [-0.15, -0.1) is 0 Å². The van der Waals surface area contributed by atoms with Crippen molar-refractivity contribution in [2.75, 3.05) is 32.8 Å². The lowest BCUT2D eigenvalue weighted by Gasteiger charge is -2.51. The first-order valence-electron chi connectivity index (χ1n) is 12.8. The lowest BCUT2D eigenvalue weighted by Crippen LogP contribution is -2.58. The van der Waals surface area contributed by atoms with Crippen molar-refractivity contribution in [2.45, 2.75) is 51.4 Å². The molecule has 0 saturated carbocycles. The van der Waals surface area contributed by atoms with Crippen LogP contribution in [-0.2, 0) is 27.3 Å². The number of piperidine rings is 2. The summed E-state index contributed by atoms with van der Waals surface area (Å²) in [6.07, 6.45) is -4.43. The molecule has 2 aliphatic rings. The maximum atomic E-state index is 13.2. The molecule has 1 amide bonds. The van der Waals surface area contributed by atoms with Gasteiger partial charge in [0.15, 0.2) is 0 Å². The normalized spacial score (nSPS) is 19.8. The number of ether oxygens (including phenoxy) is 2. The van der Waals surface area contributed by atoms with Gasteiger partial charge in [0.05, 0.1) is 19.6 Å². The van der Waals surface area contributed by atoms with E-state index < -0.39 is 23.7 Å². The van der Waals surface area contributed by atoms with Crippen LogP contribution in [0.1, 0.15) is 37.3 Å². The lowest BCUT2D eigenvalue weighted by atomic mass is 9.69. The Morgan fingerprint density at radius 2 is 1.68 bits per heavy atom. The van der Waals surface area contributed by atoms with Gasteiger partial charge in [-0.05, 0) is 63.0 Å². The van der Waals surface area contributed by atoms with E-state index in [0.29, 0.717) is 57.1 Å². The van der Waals surface area contributed by atoms with Crippen LogP contribution in [0.4, 0.5) is 13.2 Å². The molecule has 2 fully saturated rings. The number of alkyl halides is 3. The Morgan fingerprint density at radius 1 is 1.03 bits per heavy atom. The standard InChI is InChI=1S/C28H32ClF3N2O4/c1-2-37-23-6-4-3-5-21(23)18-33-14-11-27(12-15-33)13-16-34(19-24(27)38-26(36)28(30,31)32)25(35)17-20-7-9-22(29)10-8-20/h3-10,24H,2,11-19H2,1H3. The van der Waals surface area contributed by atoms with Crippen molar-refractivity contribution in [1.29, 1.82) is 0 Å². The number of likely N-dealkylation sites (tertiary alicyclic amines) is 2. The van der Waals surface area contributed by atoms with Gasteiger partial charge in [-0.3, -0.25) is 9.69 Å². The fourth-order valence-electron chi connectivity index (χ4n) is 5.38. The Hall–Kier alpha value is -2.78. The molecule has 2 heterocycles.